The van der Waals surface area contributed by atoms with Gasteiger partial charge < -0.3 is 0 Å². The number of halogens is 3. The highest BCUT2D eigenvalue weighted by Crippen LogP contribution is 2.19. The first-order valence-electron chi connectivity index (χ1n) is 8.18. The van der Waals surface area contributed by atoms with Crippen LogP contribution in [0.3, 0.4) is 0 Å². The second kappa shape index (κ2) is 8.90. The molecule has 0 bridgehead atoms. The van der Waals surface area contributed by atoms with E-state index in [2.05, 4.69) is 21.8 Å². The van der Waals surface area contributed by atoms with Gasteiger partial charge in [0.2, 0.25) is 10.0 Å². The van der Waals surface area contributed by atoms with E-state index in [1.54, 1.807) is 0 Å². The van der Waals surface area contributed by atoms with E-state index in [4.69, 9.17) is 0 Å². The summed E-state index contributed by atoms with van der Waals surface area (Å²) in [5.74, 6) is -1.73. The van der Waals surface area contributed by atoms with E-state index in [0.717, 1.165) is 31.8 Å². The molecule has 0 saturated carbocycles. The zero-order chi connectivity index (χ0) is 17.9. The Balaban J connectivity index is 0.00000243. The van der Waals surface area contributed by atoms with E-state index in [9.17, 15) is 17.2 Å². The first-order chi connectivity index (χ1) is 11.9. The fraction of sp³-hybridized carbons (Fsp3) is 0.333. The number of rotatable bonds is 5. The topological polar surface area (TPSA) is 49.4 Å². The third-order valence-electron chi connectivity index (χ3n) is 4.34. The monoisotopic (exact) mass is 402 g/mol. The Morgan fingerprint density at radius 1 is 1.04 bits per heavy atom. The van der Waals surface area contributed by atoms with E-state index in [1.807, 2.05) is 18.2 Å². The van der Waals surface area contributed by atoms with Crippen molar-refractivity contribution in [2.45, 2.75) is 30.3 Å². The van der Waals surface area contributed by atoms with Crippen molar-refractivity contribution in [2.75, 3.05) is 13.1 Å². The number of sulfonamides is 1. The standard InChI is InChI=1S/C18H20F2N2O2S.ClH/c19-15-6-7-17(20)18(12-15)25(23,24)21-16-8-10-22(11-9-16)13-14-4-2-1-3-5-14;/h1-7,12,16,21H,8-11,13H2;1H. The van der Waals surface area contributed by atoms with Gasteiger partial charge >= 0.3 is 0 Å². The summed E-state index contributed by atoms with van der Waals surface area (Å²) in [6, 6.07) is 12.2. The second-order valence-corrected chi connectivity index (χ2v) is 7.91. The van der Waals surface area contributed by atoms with Crippen molar-refractivity contribution in [3.8, 4) is 0 Å². The summed E-state index contributed by atoms with van der Waals surface area (Å²) in [6.07, 6.45) is 1.26. The molecule has 1 saturated heterocycles. The van der Waals surface area contributed by atoms with Crippen molar-refractivity contribution in [3.63, 3.8) is 0 Å². The van der Waals surface area contributed by atoms with Gasteiger partial charge in [0, 0.05) is 25.7 Å². The highest BCUT2D eigenvalue weighted by molar-refractivity contribution is 7.89. The smallest absolute Gasteiger partial charge is 0.243 e. The number of nitrogens with zero attached hydrogens (tertiary/aromatic N) is 1. The van der Waals surface area contributed by atoms with Crippen LogP contribution in [-0.2, 0) is 16.6 Å². The van der Waals surface area contributed by atoms with Gasteiger partial charge in [0.1, 0.15) is 16.5 Å². The van der Waals surface area contributed by atoms with Crippen molar-refractivity contribution >= 4 is 22.4 Å². The van der Waals surface area contributed by atoms with Crippen LogP contribution in [-0.4, -0.2) is 32.4 Å². The Labute approximate surface area is 158 Å². The molecule has 4 nitrogen and oxygen atoms in total. The molecule has 0 atom stereocenters. The Hall–Kier alpha value is -1.54. The summed E-state index contributed by atoms with van der Waals surface area (Å²) in [7, 11) is -4.07. The molecule has 0 radical (unpaired) electrons. The molecular weight excluding hydrogens is 382 g/mol. The van der Waals surface area contributed by atoms with Crippen LogP contribution in [0.5, 0.6) is 0 Å². The average Bonchev–Trinajstić information content (AvgIpc) is 2.59. The van der Waals surface area contributed by atoms with E-state index < -0.39 is 26.6 Å². The van der Waals surface area contributed by atoms with Gasteiger partial charge in [-0.25, -0.2) is 21.9 Å². The summed E-state index contributed by atoms with van der Waals surface area (Å²) < 4.78 is 54.1. The molecule has 142 valence electrons. The zero-order valence-corrected chi connectivity index (χ0v) is 15.7. The maximum atomic E-state index is 13.7. The molecule has 0 unspecified atom stereocenters. The van der Waals surface area contributed by atoms with Gasteiger partial charge in [0.15, 0.2) is 0 Å². The number of piperidine rings is 1. The SMILES string of the molecule is Cl.O=S(=O)(NC1CCN(Cc2ccccc2)CC1)c1cc(F)ccc1F. The minimum absolute atomic E-state index is 0. The summed E-state index contributed by atoms with van der Waals surface area (Å²) in [6.45, 7) is 2.31. The predicted molar refractivity (Wildman–Crippen MR) is 98.7 cm³/mol. The summed E-state index contributed by atoms with van der Waals surface area (Å²) in [5, 5.41) is 0. The summed E-state index contributed by atoms with van der Waals surface area (Å²) in [4.78, 5) is 1.61. The van der Waals surface area contributed by atoms with Crippen LogP contribution >= 0.6 is 12.4 Å². The number of nitrogens with one attached hydrogen (secondary N) is 1. The van der Waals surface area contributed by atoms with E-state index in [1.165, 1.54) is 5.56 Å². The molecule has 1 aliphatic heterocycles. The highest BCUT2D eigenvalue weighted by atomic mass is 35.5. The van der Waals surface area contributed by atoms with E-state index >= 15 is 0 Å². The highest BCUT2D eigenvalue weighted by Gasteiger charge is 2.26. The minimum atomic E-state index is -4.07. The van der Waals surface area contributed by atoms with Gasteiger partial charge in [-0.15, -0.1) is 12.4 Å². The molecule has 1 aliphatic rings. The fourth-order valence-corrected chi connectivity index (χ4v) is 4.41. The lowest BCUT2D eigenvalue weighted by Crippen LogP contribution is -2.44. The van der Waals surface area contributed by atoms with Gasteiger partial charge in [-0.3, -0.25) is 4.90 Å². The van der Waals surface area contributed by atoms with Crippen LogP contribution in [0.25, 0.3) is 0 Å². The lowest BCUT2D eigenvalue weighted by Gasteiger charge is -2.32. The molecule has 0 aromatic heterocycles. The van der Waals surface area contributed by atoms with Gasteiger partial charge in [-0.2, -0.15) is 0 Å². The van der Waals surface area contributed by atoms with E-state index in [0.29, 0.717) is 18.9 Å². The summed E-state index contributed by atoms with van der Waals surface area (Å²) in [5.41, 5.74) is 1.21. The Kier molecular flexibility index (Phi) is 7.11. The van der Waals surface area contributed by atoms with Gasteiger partial charge in [0.05, 0.1) is 0 Å². The third kappa shape index (κ3) is 5.23. The quantitative estimate of drug-likeness (QED) is 0.834. The normalized spacial score (nSPS) is 16.2. The minimum Gasteiger partial charge on any atom is -0.299 e. The molecule has 1 heterocycles. The Bertz CT molecular complexity index is 826. The van der Waals surface area contributed by atoms with Crippen LogP contribution in [0.15, 0.2) is 53.4 Å². The average molecular weight is 403 g/mol. The molecule has 0 spiro atoms. The predicted octanol–water partition coefficient (Wildman–Crippen LogP) is 3.33. The van der Waals surface area contributed by atoms with Crippen molar-refractivity contribution < 1.29 is 17.2 Å². The van der Waals surface area contributed by atoms with E-state index in [-0.39, 0.29) is 18.4 Å². The van der Waals surface area contributed by atoms with Gasteiger partial charge in [-0.05, 0) is 36.6 Å². The first kappa shape index (κ1) is 20.8. The van der Waals surface area contributed by atoms with Crippen LogP contribution in [0.4, 0.5) is 8.78 Å². The molecule has 1 fully saturated rings. The maximum absolute atomic E-state index is 13.7. The molecule has 0 aliphatic carbocycles. The number of hydrogen-bond donors (Lipinski definition) is 1. The lowest BCUT2D eigenvalue weighted by molar-refractivity contribution is 0.200. The number of hydrogen-bond acceptors (Lipinski definition) is 3. The molecular formula is C18H21ClF2N2O2S. The first-order valence-corrected chi connectivity index (χ1v) is 9.66. The van der Waals surface area contributed by atoms with Crippen LogP contribution < -0.4 is 4.72 Å². The molecule has 2 aromatic carbocycles. The lowest BCUT2D eigenvalue weighted by atomic mass is 10.1. The molecule has 0 amide bonds. The number of benzene rings is 2. The third-order valence-corrected chi connectivity index (χ3v) is 5.88. The Morgan fingerprint density at radius 3 is 2.35 bits per heavy atom. The number of likely N-dealkylation sites (tertiary alicyclic amines) is 1. The second-order valence-electron chi connectivity index (χ2n) is 6.23. The molecule has 8 heteroatoms. The molecule has 26 heavy (non-hydrogen) atoms. The Morgan fingerprint density at radius 2 is 1.69 bits per heavy atom. The van der Waals surface area contributed by atoms with Crippen LogP contribution in [0, 0.1) is 11.6 Å². The van der Waals surface area contributed by atoms with Gasteiger partial charge in [-0.1, -0.05) is 30.3 Å². The van der Waals surface area contributed by atoms with Gasteiger partial charge in [0.25, 0.3) is 0 Å². The van der Waals surface area contributed by atoms with Crippen molar-refractivity contribution in [1.29, 1.82) is 0 Å². The maximum Gasteiger partial charge on any atom is 0.243 e. The fourth-order valence-electron chi connectivity index (χ4n) is 3.02. The molecule has 1 N–H and O–H groups in total. The van der Waals surface area contributed by atoms with Crippen LogP contribution in [0.1, 0.15) is 18.4 Å². The largest absolute Gasteiger partial charge is 0.299 e. The summed E-state index contributed by atoms with van der Waals surface area (Å²) >= 11 is 0. The molecule has 2 aromatic rings. The van der Waals surface area contributed by atoms with Crippen molar-refractivity contribution in [1.82, 2.24) is 9.62 Å². The molecule has 3 rings (SSSR count). The zero-order valence-electron chi connectivity index (χ0n) is 14.1. The van der Waals surface area contributed by atoms with Crippen LogP contribution in [0.2, 0.25) is 0 Å². The van der Waals surface area contributed by atoms with Crippen molar-refractivity contribution in [3.05, 3.63) is 65.7 Å². The van der Waals surface area contributed by atoms with Crippen molar-refractivity contribution in [2.24, 2.45) is 0 Å².